The Morgan fingerprint density at radius 2 is 2.00 bits per heavy atom. The quantitative estimate of drug-likeness (QED) is 0.687. The molecule has 1 atom stereocenters. The predicted molar refractivity (Wildman–Crippen MR) is 56.7 cm³/mol. The third-order valence-electron chi connectivity index (χ3n) is 2.39. The SMILES string of the molecule is O=C(O)CCCC(=O)NC1CCS(=O)(=O)C1. The molecule has 0 aromatic carbocycles. The fourth-order valence-corrected chi connectivity index (χ4v) is 3.28. The fraction of sp³-hybridized carbons (Fsp3) is 0.778. The van der Waals surface area contributed by atoms with E-state index in [0.717, 1.165) is 0 Å². The van der Waals surface area contributed by atoms with Gasteiger partial charge < -0.3 is 10.4 Å². The van der Waals surface area contributed by atoms with Crippen molar-refractivity contribution in [1.29, 1.82) is 0 Å². The van der Waals surface area contributed by atoms with Crippen LogP contribution in [0.1, 0.15) is 25.7 Å². The maximum absolute atomic E-state index is 11.3. The van der Waals surface area contributed by atoms with Crippen molar-refractivity contribution < 1.29 is 23.1 Å². The zero-order valence-corrected chi connectivity index (χ0v) is 9.62. The molecular formula is C9H15NO5S. The van der Waals surface area contributed by atoms with Crippen molar-refractivity contribution in [2.24, 2.45) is 0 Å². The molecule has 0 aromatic heterocycles. The molecule has 1 heterocycles. The monoisotopic (exact) mass is 249 g/mol. The van der Waals surface area contributed by atoms with Crippen molar-refractivity contribution in [3.05, 3.63) is 0 Å². The molecule has 0 aliphatic carbocycles. The summed E-state index contributed by atoms with van der Waals surface area (Å²) in [6.07, 6.45) is 0.812. The smallest absolute Gasteiger partial charge is 0.303 e. The highest BCUT2D eigenvalue weighted by Crippen LogP contribution is 2.11. The summed E-state index contributed by atoms with van der Waals surface area (Å²) in [6, 6.07) is -0.303. The number of nitrogens with one attached hydrogen (secondary N) is 1. The van der Waals surface area contributed by atoms with Gasteiger partial charge >= 0.3 is 5.97 Å². The maximum Gasteiger partial charge on any atom is 0.303 e. The first-order valence-corrected chi connectivity index (χ1v) is 6.93. The van der Waals surface area contributed by atoms with E-state index in [1.165, 1.54) is 0 Å². The summed E-state index contributed by atoms with van der Waals surface area (Å²) in [4.78, 5) is 21.5. The second-order valence-electron chi connectivity index (χ2n) is 3.91. The van der Waals surface area contributed by atoms with Crippen LogP contribution in [-0.2, 0) is 19.4 Å². The van der Waals surface area contributed by atoms with Crippen LogP contribution >= 0.6 is 0 Å². The molecule has 16 heavy (non-hydrogen) atoms. The van der Waals surface area contributed by atoms with Crippen LogP contribution in [0.4, 0.5) is 0 Å². The minimum atomic E-state index is -2.98. The molecule has 1 rings (SSSR count). The average Bonchev–Trinajstić information content (AvgIpc) is 2.44. The van der Waals surface area contributed by atoms with Gasteiger partial charge in [-0.05, 0) is 12.8 Å². The number of sulfone groups is 1. The summed E-state index contributed by atoms with van der Waals surface area (Å²) in [5.74, 6) is -1.09. The van der Waals surface area contributed by atoms with Gasteiger partial charge in [0.15, 0.2) is 9.84 Å². The van der Waals surface area contributed by atoms with Gasteiger partial charge in [0.25, 0.3) is 0 Å². The number of aliphatic carboxylic acids is 1. The van der Waals surface area contributed by atoms with Crippen LogP contribution < -0.4 is 5.32 Å². The molecule has 1 fully saturated rings. The fourth-order valence-electron chi connectivity index (χ4n) is 1.61. The van der Waals surface area contributed by atoms with Gasteiger partial charge in [0.1, 0.15) is 0 Å². The molecule has 2 N–H and O–H groups in total. The van der Waals surface area contributed by atoms with Crippen molar-refractivity contribution in [1.82, 2.24) is 5.32 Å². The van der Waals surface area contributed by atoms with Crippen LogP contribution in [0, 0.1) is 0 Å². The van der Waals surface area contributed by atoms with Crippen molar-refractivity contribution >= 4 is 21.7 Å². The largest absolute Gasteiger partial charge is 0.481 e. The molecule has 92 valence electrons. The molecule has 1 aliphatic heterocycles. The zero-order valence-electron chi connectivity index (χ0n) is 8.81. The summed E-state index contributed by atoms with van der Waals surface area (Å²) < 4.78 is 22.2. The maximum atomic E-state index is 11.3. The Bertz CT molecular complexity index is 375. The Labute approximate surface area is 93.9 Å². The molecule has 1 amide bonds. The summed E-state index contributed by atoms with van der Waals surface area (Å²) in [5, 5.41) is 11.0. The average molecular weight is 249 g/mol. The predicted octanol–water partition coefficient (Wildman–Crippen LogP) is -0.455. The van der Waals surface area contributed by atoms with Crippen LogP contribution in [0.25, 0.3) is 0 Å². The lowest BCUT2D eigenvalue weighted by molar-refractivity contribution is -0.137. The first-order valence-electron chi connectivity index (χ1n) is 5.10. The van der Waals surface area contributed by atoms with Gasteiger partial charge in [0, 0.05) is 18.9 Å². The normalized spacial score (nSPS) is 22.9. The Morgan fingerprint density at radius 1 is 1.31 bits per heavy atom. The van der Waals surface area contributed by atoms with Crippen LogP contribution in [0.15, 0.2) is 0 Å². The number of hydrogen-bond acceptors (Lipinski definition) is 4. The summed E-state index contributed by atoms with van der Waals surface area (Å²) >= 11 is 0. The molecule has 0 spiro atoms. The van der Waals surface area contributed by atoms with Crippen molar-refractivity contribution in [2.75, 3.05) is 11.5 Å². The van der Waals surface area contributed by atoms with Gasteiger partial charge in [-0.25, -0.2) is 8.42 Å². The van der Waals surface area contributed by atoms with E-state index >= 15 is 0 Å². The van der Waals surface area contributed by atoms with Gasteiger partial charge in [-0.15, -0.1) is 0 Å². The van der Waals surface area contributed by atoms with Gasteiger partial charge in [0.2, 0.25) is 5.91 Å². The van der Waals surface area contributed by atoms with E-state index in [0.29, 0.717) is 6.42 Å². The van der Waals surface area contributed by atoms with Crippen LogP contribution in [0.5, 0.6) is 0 Å². The Hall–Kier alpha value is -1.11. The molecule has 0 bridgehead atoms. The van der Waals surface area contributed by atoms with E-state index < -0.39 is 15.8 Å². The number of carboxylic acid groups (broad SMARTS) is 1. The first-order chi connectivity index (χ1) is 7.39. The standard InChI is InChI=1S/C9H15NO5S/c11-8(2-1-3-9(12)13)10-7-4-5-16(14,15)6-7/h7H,1-6H2,(H,10,11)(H,12,13). The van der Waals surface area contributed by atoms with E-state index in [4.69, 9.17) is 5.11 Å². The van der Waals surface area contributed by atoms with E-state index in [2.05, 4.69) is 5.32 Å². The van der Waals surface area contributed by atoms with E-state index in [9.17, 15) is 18.0 Å². The number of carbonyl (C=O) groups is 2. The molecule has 0 aromatic rings. The Kier molecular flexibility index (Phi) is 4.28. The van der Waals surface area contributed by atoms with E-state index in [1.54, 1.807) is 0 Å². The summed E-state index contributed by atoms with van der Waals surface area (Å²) in [6.45, 7) is 0. The third kappa shape index (κ3) is 4.61. The van der Waals surface area contributed by atoms with Crippen molar-refractivity contribution in [3.63, 3.8) is 0 Å². The molecule has 1 unspecified atom stereocenters. The number of carbonyl (C=O) groups excluding carboxylic acids is 1. The van der Waals surface area contributed by atoms with Crippen LogP contribution in [0.2, 0.25) is 0 Å². The van der Waals surface area contributed by atoms with E-state index in [1.807, 2.05) is 0 Å². The first kappa shape index (κ1) is 13.0. The number of carboxylic acids is 1. The molecular weight excluding hydrogens is 234 g/mol. The lowest BCUT2D eigenvalue weighted by Gasteiger charge is -2.09. The van der Waals surface area contributed by atoms with Gasteiger partial charge in [0.05, 0.1) is 11.5 Å². The highest BCUT2D eigenvalue weighted by Gasteiger charge is 2.28. The highest BCUT2D eigenvalue weighted by atomic mass is 32.2. The van der Waals surface area contributed by atoms with Gasteiger partial charge in [-0.3, -0.25) is 9.59 Å². The molecule has 0 saturated carbocycles. The van der Waals surface area contributed by atoms with E-state index in [-0.39, 0.29) is 42.7 Å². The highest BCUT2D eigenvalue weighted by molar-refractivity contribution is 7.91. The minimum absolute atomic E-state index is 0.00231. The number of amides is 1. The number of hydrogen-bond donors (Lipinski definition) is 2. The Balaban J connectivity index is 2.23. The number of rotatable bonds is 5. The van der Waals surface area contributed by atoms with Crippen molar-refractivity contribution in [2.45, 2.75) is 31.7 Å². The Morgan fingerprint density at radius 3 is 2.50 bits per heavy atom. The van der Waals surface area contributed by atoms with Crippen molar-refractivity contribution in [3.8, 4) is 0 Å². The van der Waals surface area contributed by atoms with Gasteiger partial charge in [-0.1, -0.05) is 0 Å². The lowest BCUT2D eigenvalue weighted by Crippen LogP contribution is -2.35. The molecule has 1 saturated heterocycles. The molecule has 7 heteroatoms. The lowest BCUT2D eigenvalue weighted by atomic mass is 10.2. The second-order valence-corrected chi connectivity index (χ2v) is 6.14. The molecule has 1 aliphatic rings. The van der Waals surface area contributed by atoms with Crippen LogP contribution in [0.3, 0.4) is 0 Å². The minimum Gasteiger partial charge on any atom is -0.481 e. The molecule has 6 nitrogen and oxygen atoms in total. The second kappa shape index (κ2) is 5.29. The third-order valence-corrected chi connectivity index (χ3v) is 4.16. The van der Waals surface area contributed by atoms with Gasteiger partial charge in [-0.2, -0.15) is 0 Å². The topological polar surface area (TPSA) is 101 Å². The van der Waals surface area contributed by atoms with Crippen LogP contribution in [-0.4, -0.2) is 42.9 Å². The molecule has 0 radical (unpaired) electrons. The summed E-state index contributed by atoms with van der Waals surface area (Å²) in [5.41, 5.74) is 0. The summed E-state index contributed by atoms with van der Waals surface area (Å²) in [7, 11) is -2.98. The zero-order chi connectivity index (χ0) is 12.2.